The Balaban J connectivity index is 0.000000221. The number of aromatic amines is 4. The lowest BCUT2D eigenvalue weighted by molar-refractivity contribution is -0.131. The Kier molecular flexibility index (Phi) is 35.6. The molecule has 0 bridgehead atoms. The predicted molar refractivity (Wildman–Crippen MR) is 450 cm³/mol. The van der Waals surface area contributed by atoms with Crippen molar-refractivity contribution in [3.05, 3.63) is 199 Å². The Morgan fingerprint density at radius 1 is 0.373 bits per heavy atom. The van der Waals surface area contributed by atoms with E-state index in [9.17, 15) is 59.4 Å². The predicted octanol–water partition coefficient (Wildman–Crippen LogP) is 7.41. The SMILES string of the molecule is CO[C@H](/C(=N/OCC(=O)N[C@@H](Cc1c[nH]c2ccccc12)C(=O)NCc1c[nH]c2ccccc12)[C@@H](O)[C@@H](C)O)C(C)C.CO[C@H](/C(=N/OCC(=O)N[C@@H](Cc1c[nH]c2ccccc12)C(=O)Nc1ccccc1)[C@@H](O)[C@@H](C)O)C(C)C.CO[C@H](/C(=N/OCC(=O)N[C@@H](Cc1c[nH]c2ccccc12)C(=O)Nc1ccncc1)[C@@H](O)[C@@H](C)O)C(C)C. The molecule has 0 radical (unpaired) electrons. The number of nitrogens with zero attached hydrogens (tertiary/aromatic N) is 4. The molecule has 5 heterocycles. The van der Waals surface area contributed by atoms with Crippen molar-refractivity contribution < 1.29 is 88.1 Å². The van der Waals surface area contributed by atoms with E-state index in [4.69, 9.17) is 28.7 Å². The van der Waals surface area contributed by atoms with Crippen LogP contribution in [-0.4, -0.2) is 222 Å². The lowest BCUT2D eigenvalue weighted by atomic mass is 9.96. The summed E-state index contributed by atoms with van der Waals surface area (Å²) in [6.45, 7) is 14.2. The second kappa shape index (κ2) is 45.7. The number of aliphatic hydroxyl groups is 6. The third-order valence-corrected chi connectivity index (χ3v) is 19.2. The van der Waals surface area contributed by atoms with Crippen LogP contribution >= 0.6 is 0 Å². The average Bonchev–Trinajstić information content (AvgIpc) is 1.70. The lowest BCUT2D eigenvalue weighted by Gasteiger charge is -2.25. The van der Waals surface area contributed by atoms with Crippen molar-refractivity contribution in [3.63, 3.8) is 0 Å². The summed E-state index contributed by atoms with van der Waals surface area (Å²) < 4.78 is 16.3. The minimum Gasteiger partial charge on any atom is -0.390 e. The van der Waals surface area contributed by atoms with Crippen molar-refractivity contribution in [1.29, 1.82) is 0 Å². The first-order chi connectivity index (χ1) is 56.6. The van der Waals surface area contributed by atoms with Crippen molar-refractivity contribution in [2.24, 2.45) is 33.2 Å². The summed E-state index contributed by atoms with van der Waals surface area (Å²) in [6, 6.07) is 40.5. The molecule has 10 aromatic rings. The first-order valence-electron chi connectivity index (χ1n) is 38.8. The molecule has 118 heavy (non-hydrogen) atoms. The van der Waals surface area contributed by atoms with Crippen LogP contribution in [0.4, 0.5) is 11.4 Å². The number of para-hydroxylation sites is 5. The summed E-state index contributed by atoms with van der Waals surface area (Å²) in [5.41, 5.74) is 8.63. The number of nitrogens with one attached hydrogen (secondary N) is 10. The van der Waals surface area contributed by atoms with Crippen LogP contribution in [0.15, 0.2) is 192 Å². The maximum absolute atomic E-state index is 13.4. The molecule has 632 valence electrons. The number of ether oxygens (including phenoxy) is 3. The molecular formula is C86H110N14O18. The molecule has 0 spiro atoms. The zero-order chi connectivity index (χ0) is 85.5. The van der Waals surface area contributed by atoms with E-state index in [1.807, 2.05) is 169 Å². The van der Waals surface area contributed by atoms with Crippen LogP contribution in [0.5, 0.6) is 0 Å². The van der Waals surface area contributed by atoms with E-state index in [2.05, 4.69) is 72.3 Å². The number of amides is 6. The van der Waals surface area contributed by atoms with Gasteiger partial charge in [-0.05, 0) is 109 Å². The molecule has 0 saturated carbocycles. The van der Waals surface area contributed by atoms with Gasteiger partial charge in [-0.25, -0.2) is 0 Å². The first kappa shape index (κ1) is 91.8. The number of carbonyl (C=O) groups excluding carboxylic acids is 6. The molecule has 0 saturated heterocycles. The number of rotatable bonds is 40. The summed E-state index contributed by atoms with van der Waals surface area (Å²) in [5, 5.41) is 93.3. The number of hydrogen-bond acceptors (Lipinski definition) is 22. The topological polar surface area (TPSA) is 464 Å². The van der Waals surface area contributed by atoms with Gasteiger partial charge in [0.15, 0.2) is 19.8 Å². The fourth-order valence-corrected chi connectivity index (χ4v) is 13.2. The summed E-state index contributed by atoms with van der Waals surface area (Å²) >= 11 is 0. The van der Waals surface area contributed by atoms with Crippen molar-refractivity contribution in [1.82, 2.24) is 46.2 Å². The molecule has 0 unspecified atom stereocenters. The van der Waals surface area contributed by atoms with Crippen molar-refractivity contribution in [3.8, 4) is 0 Å². The number of aromatic nitrogens is 5. The quantitative estimate of drug-likeness (QED) is 0.0131. The molecule has 6 amide bonds. The molecule has 0 aliphatic carbocycles. The van der Waals surface area contributed by atoms with E-state index < -0.39 is 117 Å². The number of benzene rings is 5. The Hall–Kier alpha value is -11.7. The maximum Gasteiger partial charge on any atom is 0.261 e. The van der Waals surface area contributed by atoms with Gasteiger partial charge in [0.05, 0.1) is 18.3 Å². The van der Waals surface area contributed by atoms with E-state index in [1.165, 1.54) is 42.1 Å². The Bertz CT molecular complexity index is 4750. The van der Waals surface area contributed by atoms with Crippen molar-refractivity contribution in [2.45, 2.75) is 161 Å². The minimum absolute atomic E-state index is 0.0658. The number of fused-ring (bicyclic) bond motifs is 4. The lowest BCUT2D eigenvalue weighted by Crippen LogP contribution is -2.48. The summed E-state index contributed by atoms with van der Waals surface area (Å²) in [4.78, 5) is 111. The zero-order valence-electron chi connectivity index (χ0n) is 68.2. The average molecular weight is 1630 g/mol. The molecule has 0 aliphatic heterocycles. The number of anilines is 2. The fraction of sp³-hybridized carbons (Fsp3) is 0.395. The molecule has 5 aromatic carbocycles. The molecule has 12 atom stereocenters. The zero-order valence-corrected chi connectivity index (χ0v) is 68.2. The number of carbonyl (C=O) groups is 6. The molecular weight excluding hydrogens is 1520 g/mol. The van der Waals surface area contributed by atoms with Gasteiger partial charge in [-0.3, -0.25) is 33.8 Å². The highest BCUT2D eigenvalue weighted by Gasteiger charge is 2.34. The van der Waals surface area contributed by atoms with E-state index in [0.717, 1.165) is 65.9 Å². The van der Waals surface area contributed by atoms with Gasteiger partial charge in [-0.2, -0.15) is 0 Å². The molecule has 0 aliphatic rings. The number of hydrogen-bond donors (Lipinski definition) is 16. The van der Waals surface area contributed by atoms with Gasteiger partial charge in [-0.15, -0.1) is 0 Å². The van der Waals surface area contributed by atoms with Gasteiger partial charge in [0.1, 0.15) is 71.9 Å². The van der Waals surface area contributed by atoms with Gasteiger partial charge in [0.2, 0.25) is 17.7 Å². The molecule has 5 aromatic heterocycles. The normalized spacial score (nSPS) is 15.0. The van der Waals surface area contributed by atoms with Crippen molar-refractivity contribution in [2.75, 3.05) is 51.8 Å². The maximum atomic E-state index is 13.4. The highest BCUT2D eigenvalue weighted by molar-refractivity contribution is 6.00. The Morgan fingerprint density at radius 2 is 0.653 bits per heavy atom. The first-order valence-corrected chi connectivity index (χ1v) is 38.8. The third-order valence-electron chi connectivity index (χ3n) is 19.2. The molecule has 16 N–H and O–H groups in total. The number of pyridine rings is 1. The van der Waals surface area contributed by atoms with Crippen LogP contribution in [0.1, 0.15) is 84.6 Å². The van der Waals surface area contributed by atoms with E-state index in [0.29, 0.717) is 11.4 Å². The number of H-pyrrole nitrogens is 4. The minimum atomic E-state index is -1.34. The van der Waals surface area contributed by atoms with Crippen molar-refractivity contribution >= 4 is 108 Å². The van der Waals surface area contributed by atoms with E-state index in [1.54, 1.807) is 48.8 Å². The molecule has 32 nitrogen and oxygen atoms in total. The third kappa shape index (κ3) is 26.4. The number of oxime groups is 3. The Labute approximate surface area is 683 Å². The van der Waals surface area contributed by atoms with Crippen LogP contribution in [0.25, 0.3) is 43.6 Å². The standard InChI is InChI=1S/C31H39N5O6.C28H36N4O6.C27H35N5O6/c1-18(2)30(41-4)28(29(39)19(3)37)36-42-17-27(38)35-26(13-20-14-32-24-11-7-5-9-22(20)24)31(40)34-16-21-15-33-25-12-8-6-10-23(21)25;1-17(2)27(37-4)25(26(35)18(3)33)32-38-16-24(34)31-23(28(36)30-20-10-6-5-7-11-20)14-19-15-29-22-13-9-8-12-21(19)22;1-16(2)26(37-4)24(25(35)17(3)33)32-38-15-23(34)31-22(27(36)30-19-9-11-28-12-10-19)13-18-14-29-21-8-6-5-7-20(18)21/h5-12,14-15,18-19,26,29-30,32-33,37,39H,13,16-17H2,1-4H3,(H,34,40)(H,35,38);5-13,15,17-18,23,26-27,29,33,35H,14,16H2,1-4H3,(H,30,36)(H,31,34);5-12,14,16-17,22,25-26,29,33,35H,13,15H2,1-4H3,(H,31,34)(H,28,30,36)/b36-28+;32-25+;32-24+/t19-,26+,29+,30+;18-,23+,26+,27+;17-,22+,25+,26+/m111/s1. The van der Waals surface area contributed by atoms with E-state index in [-0.39, 0.29) is 72.5 Å². The van der Waals surface area contributed by atoms with Crippen LogP contribution in [0.2, 0.25) is 0 Å². The van der Waals surface area contributed by atoms with Gasteiger partial charge < -0.3 is 111 Å². The van der Waals surface area contributed by atoms with Gasteiger partial charge in [0, 0.05) is 139 Å². The van der Waals surface area contributed by atoms with Crippen LogP contribution in [-0.2, 0) is 83.3 Å². The second-order valence-corrected chi connectivity index (χ2v) is 29.3. The number of methoxy groups -OCH3 is 3. The van der Waals surface area contributed by atoms with Crippen LogP contribution < -0.4 is 31.9 Å². The summed E-state index contributed by atoms with van der Waals surface area (Å²) in [6.07, 6.45) is 1.83. The second-order valence-electron chi connectivity index (χ2n) is 29.3. The van der Waals surface area contributed by atoms with E-state index >= 15 is 0 Å². The van der Waals surface area contributed by atoms with Gasteiger partial charge in [0.25, 0.3) is 17.7 Å². The largest absolute Gasteiger partial charge is 0.390 e. The van der Waals surface area contributed by atoms with Gasteiger partial charge >= 0.3 is 0 Å². The summed E-state index contributed by atoms with van der Waals surface area (Å²) in [5.74, 6) is -3.14. The highest BCUT2D eigenvalue weighted by Crippen LogP contribution is 2.25. The smallest absolute Gasteiger partial charge is 0.261 e. The fourth-order valence-electron chi connectivity index (χ4n) is 13.2. The van der Waals surface area contributed by atoms with Crippen LogP contribution in [0, 0.1) is 17.8 Å². The van der Waals surface area contributed by atoms with Gasteiger partial charge in [-0.1, -0.05) is 148 Å². The molecule has 32 heteroatoms. The van der Waals surface area contributed by atoms with Crippen LogP contribution in [0.3, 0.4) is 0 Å². The molecule has 0 fully saturated rings. The molecule has 10 rings (SSSR count). The number of aliphatic hydroxyl groups excluding tert-OH is 6. The summed E-state index contributed by atoms with van der Waals surface area (Å²) in [7, 11) is 4.38. The Morgan fingerprint density at radius 3 is 0.958 bits per heavy atom. The monoisotopic (exact) mass is 1630 g/mol. The highest BCUT2D eigenvalue weighted by atomic mass is 16.6.